The number of carbonyl (C=O) groups excluding carboxylic acids is 2. The van der Waals surface area contributed by atoms with Gasteiger partial charge in [-0.3, -0.25) is 0 Å². The molecular formula is C9H9NO4. The zero-order valence-corrected chi connectivity index (χ0v) is 7.27. The van der Waals surface area contributed by atoms with E-state index in [1.807, 2.05) is 0 Å². The molecule has 0 aromatic heterocycles. The van der Waals surface area contributed by atoms with Crippen molar-refractivity contribution in [2.45, 2.75) is 0 Å². The Morgan fingerprint density at radius 1 is 1.29 bits per heavy atom. The van der Waals surface area contributed by atoms with Crippen molar-refractivity contribution in [3.8, 4) is 0 Å². The minimum atomic E-state index is -0.980. The summed E-state index contributed by atoms with van der Waals surface area (Å²) in [5, 5.41) is 8.33. The molecule has 0 aliphatic carbocycles. The molecule has 0 bridgehead atoms. The maximum Gasteiger partial charge on any atom is 0.345 e. The van der Waals surface area contributed by atoms with Crippen LogP contribution in [0.5, 0.6) is 0 Å². The van der Waals surface area contributed by atoms with Gasteiger partial charge in [-0.2, -0.15) is 0 Å². The zero-order valence-electron chi connectivity index (χ0n) is 7.27. The highest BCUT2D eigenvalue weighted by atomic mass is 16.6. The number of hydrogen-bond donors (Lipinski definition) is 2. The third-order valence-electron chi connectivity index (χ3n) is 1.48. The van der Waals surface area contributed by atoms with Crippen LogP contribution >= 0.6 is 0 Å². The molecule has 74 valence electrons. The lowest BCUT2D eigenvalue weighted by Crippen LogP contribution is -2.15. The first kappa shape index (κ1) is 10.2. The summed E-state index contributed by atoms with van der Waals surface area (Å²) in [5.74, 6) is -1.78. The number of ether oxygens (including phenoxy) is 1. The fourth-order valence-electron chi connectivity index (χ4n) is 0.814. The highest BCUT2D eigenvalue weighted by molar-refractivity contribution is 5.97. The van der Waals surface area contributed by atoms with E-state index in [0.29, 0.717) is 5.69 Å². The molecule has 1 rings (SSSR count). The van der Waals surface area contributed by atoms with Crippen molar-refractivity contribution in [3.63, 3.8) is 0 Å². The topological polar surface area (TPSA) is 89.6 Å². The Balaban J connectivity index is 2.70. The predicted molar refractivity (Wildman–Crippen MR) is 48.4 cm³/mol. The fourth-order valence-corrected chi connectivity index (χ4v) is 0.814. The molecule has 0 spiro atoms. The van der Waals surface area contributed by atoms with E-state index in [0.717, 1.165) is 0 Å². The van der Waals surface area contributed by atoms with Gasteiger partial charge < -0.3 is 15.6 Å². The van der Waals surface area contributed by atoms with Crippen LogP contribution in [0.15, 0.2) is 24.3 Å². The number of anilines is 1. The van der Waals surface area contributed by atoms with Crippen LogP contribution in [-0.4, -0.2) is 23.7 Å². The van der Waals surface area contributed by atoms with Gasteiger partial charge in [0, 0.05) is 5.69 Å². The lowest BCUT2D eigenvalue weighted by molar-refractivity contribution is -0.141. The molecule has 0 aliphatic heterocycles. The third kappa shape index (κ3) is 2.56. The van der Waals surface area contributed by atoms with Crippen LogP contribution in [0.4, 0.5) is 5.69 Å². The Bertz CT molecular complexity index is 344. The van der Waals surface area contributed by atoms with Crippen molar-refractivity contribution in [2.75, 3.05) is 12.3 Å². The van der Waals surface area contributed by atoms with Crippen molar-refractivity contribution < 1.29 is 19.4 Å². The van der Waals surface area contributed by atoms with Crippen LogP contribution < -0.4 is 5.73 Å². The van der Waals surface area contributed by atoms with E-state index in [1.54, 1.807) is 0 Å². The van der Waals surface area contributed by atoms with Crippen molar-refractivity contribution in [3.05, 3.63) is 29.8 Å². The van der Waals surface area contributed by atoms with Gasteiger partial charge in [-0.05, 0) is 24.3 Å². The molecule has 0 amide bonds. The molecule has 0 saturated carbocycles. The SMILES string of the molecule is Nc1ccc(C(=O)OC(=O)CO)cc1. The highest BCUT2D eigenvalue weighted by Crippen LogP contribution is 2.06. The molecule has 5 nitrogen and oxygen atoms in total. The van der Waals surface area contributed by atoms with Crippen LogP contribution in [0, 0.1) is 0 Å². The number of aliphatic hydroxyl groups is 1. The smallest absolute Gasteiger partial charge is 0.345 e. The van der Waals surface area contributed by atoms with E-state index in [-0.39, 0.29) is 5.56 Å². The monoisotopic (exact) mass is 195 g/mol. The van der Waals surface area contributed by atoms with Crippen LogP contribution in [-0.2, 0) is 9.53 Å². The molecular weight excluding hydrogens is 186 g/mol. The van der Waals surface area contributed by atoms with E-state index >= 15 is 0 Å². The summed E-state index contributed by atoms with van der Waals surface area (Å²) in [6.45, 7) is -0.819. The summed E-state index contributed by atoms with van der Waals surface area (Å²) in [7, 11) is 0. The van der Waals surface area contributed by atoms with Crippen molar-refractivity contribution >= 4 is 17.6 Å². The molecule has 14 heavy (non-hydrogen) atoms. The van der Waals surface area contributed by atoms with E-state index in [4.69, 9.17) is 10.8 Å². The number of hydrogen-bond acceptors (Lipinski definition) is 5. The highest BCUT2D eigenvalue weighted by Gasteiger charge is 2.11. The van der Waals surface area contributed by atoms with Gasteiger partial charge in [-0.25, -0.2) is 9.59 Å². The summed E-state index contributed by atoms with van der Waals surface area (Å²) in [6, 6.07) is 5.89. The number of aliphatic hydroxyl groups excluding tert-OH is 1. The number of nitrogens with two attached hydrogens (primary N) is 1. The van der Waals surface area contributed by atoms with Crippen LogP contribution in [0.25, 0.3) is 0 Å². The average Bonchev–Trinajstić information content (AvgIpc) is 2.18. The lowest BCUT2D eigenvalue weighted by Gasteiger charge is -2.00. The van der Waals surface area contributed by atoms with Gasteiger partial charge in [0.2, 0.25) is 0 Å². The summed E-state index contributed by atoms with van der Waals surface area (Å²) in [4.78, 5) is 21.7. The van der Waals surface area contributed by atoms with Gasteiger partial charge in [-0.15, -0.1) is 0 Å². The first-order valence-corrected chi connectivity index (χ1v) is 3.85. The van der Waals surface area contributed by atoms with Crippen molar-refractivity contribution in [1.29, 1.82) is 0 Å². The molecule has 0 aliphatic rings. The minimum absolute atomic E-state index is 0.209. The maximum atomic E-state index is 11.1. The van der Waals surface area contributed by atoms with Gasteiger partial charge in [0.1, 0.15) is 6.61 Å². The summed E-state index contributed by atoms with van der Waals surface area (Å²) < 4.78 is 4.26. The van der Waals surface area contributed by atoms with Gasteiger partial charge in [0.15, 0.2) is 0 Å². The quantitative estimate of drug-likeness (QED) is 0.392. The average molecular weight is 195 g/mol. The largest absolute Gasteiger partial charge is 0.399 e. The number of carbonyl (C=O) groups is 2. The maximum absolute atomic E-state index is 11.1. The lowest BCUT2D eigenvalue weighted by atomic mass is 10.2. The van der Waals surface area contributed by atoms with Crippen molar-refractivity contribution in [2.24, 2.45) is 0 Å². The molecule has 0 atom stereocenters. The Kier molecular flexibility index (Phi) is 3.19. The molecule has 0 radical (unpaired) electrons. The first-order valence-electron chi connectivity index (χ1n) is 3.85. The minimum Gasteiger partial charge on any atom is -0.399 e. The van der Waals surface area contributed by atoms with E-state index in [2.05, 4.69) is 4.74 Å². The number of nitrogen functional groups attached to an aromatic ring is 1. The summed E-state index contributed by atoms with van der Waals surface area (Å²) in [5.41, 5.74) is 6.11. The Hall–Kier alpha value is -1.88. The summed E-state index contributed by atoms with van der Waals surface area (Å²) in [6.07, 6.45) is 0. The van der Waals surface area contributed by atoms with Crippen LogP contribution in [0.3, 0.4) is 0 Å². The second-order valence-corrected chi connectivity index (χ2v) is 2.54. The molecule has 3 N–H and O–H groups in total. The van der Waals surface area contributed by atoms with Gasteiger partial charge in [0.25, 0.3) is 0 Å². The number of benzene rings is 1. The Morgan fingerprint density at radius 3 is 2.36 bits per heavy atom. The molecule has 5 heteroatoms. The molecule has 1 aromatic rings. The number of rotatable bonds is 2. The summed E-state index contributed by atoms with van der Waals surface area (Å²) >= 11 is 0. The van der Waals surface area contributed by atoms with Crippen LogP contribution in [0.1, 0.15) is 10.4 Å². The zero-order chi connectivity index (χ0) is 10.6. The van der Waals surface area contributed by atoms with Gasteiger partial charge >= 0.3 is 11.9 Å². The normalized spacial score (nSPS) is 9.50. The van der Waals surface area contributed by atoms with E-state index in [9.17, 15) is 9.59 Å². The molecule has 0 fully saturated rings. The van der Waals surface area contributed by atoms with Crippen molar-refractivity contribution in [1.82, 2.24) is 0 Å². The van der Waals surface area contributed by atoms with Gasteiger partial charge in [-0.1, -0.05) is 0 Å². The Morgan fingerprint density at radius 2 is 1.86 bits per heavy atom. The molecule has 0 heterocycles. The fraction of sp³-hybridized carbons (Fsp3) is 0.111. The van der Waals surface area contributed by atoms with E-state index in [1.165, 1.54) is 24.3 Å². The first-order chi connectivity index (χ1) is 6.63. The number of esters is 2. The molecule has 1 aromatic carbocycles. The Labute approximate surface area is 80.1 Å². The third-order valence-corrected chi connectivity index (χ3v) is 1.48. The second kappa shape index (κ2) is 4.38. The van der Waals surface area contributed by atoms with Crippen LogP contribution in [0.2, 0.25) is 0 Å². The predicted octanol–water partition coefficient (Wildman–Crippen LogP) is -0.0555. The molecule has 0 saturated heterocycles. The molecule has 0 unspecified atom stereocenters. The second-order valence-electron chi connectivity index (χ2n) is 2.54. The van der Waals surface area contributed by atoms with Gasteiger partial charge in [0.05, 0.1) is 5.56 Å². The van der Waals surface area contributed by atoms with E-state index < -0.39 is 18.5 Å². The standard InChI is InChI=1S/C9H9NO4/c10-7-3-1-6(2-4-7)9(13)14-8(12)5-11/h1-4,11H,5,10H2.